The number of hydrogen-bond acceptors (Lipinski definition) is 4. The molecular formula is C30H33N3O2. The number of fused-ring (bicyclic) bond motifs is 2. The van der Waals surface area contributed by atoms with Crippen molar-refractivity contribution in [2.75, 3.05) is 24.5 Å². The quantitative estimate of drug-likeness (QED) is 0.423. The van der Waals surface area contributed by atoms with Gasteiger partial charge in [-0.1, -0.05) is 42.5 Å². The second-order valence-corrected chi connectivity index (χ2v) is 10.6. The van der Waals surface area contributed by atoms with Crippen LogP contribution in [0.1, 0.15) is 56.7 Å². The number of nitriles is 1. The van der Waals surface area contributed by atoms with Gasteiger partial charge in [0.25, 0.3) is 0 Å². The second-order valence-electron chi connectivity index (χ2n) is 10.6. The third-order valence-electron chi connectivity index (χ3n) is 7.05. The maximum absolute atomic E-state index is 13.0. The fourth-order valence-electron chi connectivity index (χ4n) is 5.43. The van der Waals surface area contributed by atoms with Crippen LogP contribution in [0, 0.1) is 11.3 Å². The zero-order valence-corrected chi connectivity index (χ0v) is 20.9. The summed E-state index contributed by atoms with van der Waals surface area (Å²) in [7, 11) is 0. The normalized spacial score (nSPS) is 16.1. The summed E-state index contributed by atoms with van der Waals surface area (Å²) in [5.41, 5.74) is 5.67. The Bertz CT molecular complexity index is 1300. The summed E-state index contributed by atoms with van der Waals surface area (Å²) in [6.07, 6.45) is 3.89. The van der Waals surface area contributed by atoms with Crippen LogP contribution in [0.2, 0.25) is 0 Å². The van der Waals surface area contributed by atoms with Gasteiger partial charge in [-0.15, -0.1) is 0 Å². The van der Waals surface area contributed by atoms with Gasteiger partial charge >= 0.3 is 6.09 Å². The maximum Gasteiger partial charge on any atom is 0.410 e. The Balaban J connectivity index is 1.69. The number of carbonyl (C=O) groups is 1. The van der Waals surface area contributed by atoms with E-state index in [2.05, 4.69) is 59.5 Å². The number of amides is 1. The summed E-state index contributed by atoms with van der Waals surface area (Å²) >= 11 is 0. The second kappa shape index (κ2) is 9.26. The van der Waals surface area contributed by atoms with Crippen LogP contribution in [0.4, 0.5) is 10.5 Å². The lowest BCUT2D eigenvalue weighted by Crippen LogP contribution is -2.40. The number of piperidine rings is 1. The van der Waals surface area contributed by atoms with E-state index >= 15 is 0 Å². The van der Waals surface area contributed by atoms with Crippen molar-refractivity contribution in [3.63, 3.8) is 0 Å². The SMILES string of the molecule is CC(C)(C)OC(=O)N1CCc2c(C#N)c(N3CCCCC3)cc(-c3cccc4ccccc34)c2C1. The molecule has 0 saturated carbocycles. The molecule has 35 heavy (non-hydrogen) atoms. The maximum atomic E-state index is 13.0. The van der Waals surface area contributed by atoms with E-state index in [0.717, 1.165) is 59.4 Å². The first-order chi connectivity index (χ1) is 16.9. The molecule has 1 fully saturated rings. The Hall–Kier alpha value is -3.52. The number of anilines is 1. The van der Waals surface area contributed by atoms with E-state index in [4.69, 9.17) is 4.74 Å². The largest absolute Gasteiger partial charge is 0.444 e. The van der Waals surface area contributed by atoms with Crippen molar-refractivity contribution >= 4 is 22.6 Å². The monoisotopic (exact) mass is 467 g/mol. The first-order valence-electron chi connectivity index (χ1n) is 12.7. The van der Waals surface area contributed by atoms with E-state index in [1.54, 1.807) is 4.90 Å². The van der Waals surface area contributed by atoms with Crippen LogP contribution < -0.4 is 4.90 Å². The number of rotatable bonds is 2. The number of benzene rings is 3. The Labute approximate surface area is 207 Å². The summed E-state index contributed by atoms with van der Waals surface area (Å²) in [6, 6.07) is 19.6. The molecule has 5 nitrogen and oxygen atoms in total. The zero-order chi connectivity index (χ0) is 24.6. The van der Waals surface area contributed by atoms with E-state index < -0.39 is 5.60 Å². The van der Waals surface area contributed by atoms with Crippen LogP contribution in [-0.2, 0) is 17.7 Å². The average molecular weight is 468 g/mol. The predicted octanol–water partition coefficient (Wildman–Crippen LogP) is 6.66. The van der Waals surface area contributed by atoms with Gasteiger partial charge in [-0.25, -0.2) is 4.79 Å². The molecule has 0 spiro atoms. The Morgan fingerprint density at radius 2 is 1.69 bits per heavy atom. The van der Waals surface area contributed by atoms with E-state index in [-0.39, 0.29) is 6.09 Å². The smallest absolute Gasteiger partial charge is 0.410 e. The minimum Gasteiger partial charge on any atom is -0.444 e. The van der Waals surface area contributed by atoms with Crippen LogP contribution in [0.3, 0.4) is 0 Å². The molecular weight excluding hydrogens is 434 g/mol. The van der Waals surface area contributed by atoms with Gasteiger partial charge in [0.15, 0.2) is 0 Å². The number of hydrogen-bond donors (Lipinski definition) is 0. The Morgan fingerprint density at radius 1 is 0.943 bits per heavy atom. The van der Waals surface area contributed by atoms with Gasteiger partial charge in [0, 0.05) is 26.2 Å². The van der Waals surface area contributed by atoms with Gasteiger partial charge in [0.2, 0.25) is 0 Å². The zero-order valence-electron chi connectivity index (χ0n) is 20.9. The predicted molar refractivity (Wildman–Crippen MR) is 141 cm³/mol. The van der Waals surface area contributed by atoms with Gasteiger partial charge in [-0.05, 0) is 85.5 Å². The molecule has 0 atom stereocenters. The Kier molecular flexibility index (Phi) is 6.15. The van der Waals surface area contributed by atoms with Crippen LogP contribution in [-0.4, -0.2) is 36.2 Å². The minimum absolute atomic E-state index is 0.300. The number of carbonyl (C=O) groups excluding carboxylic acids is 1. The van der Waals surface area contributed by atoms with Crippen molar-refractivity contribution in [1.29, 1.82) is 5.26 Å². The Morgan fingerprint density at radius 3 is 2.43 bits per heavy atom. The molecule has 0 bridgehead atoms. The summed E-state index contributed by atoms with van der Waals surface area (Å²) in [5.74, 6) is 0. The van der Waals surface area contributed by atoms with E-state index in [1.807, 2.05) is 20.8 Å². The van der Waals surface area contributed by atoms with Gasteiger partial charge < -0.3 is 14.5 Å². The fraction of sp³-hybridized carbons (Fsp3) is 0.400. The molecule has 0 aliphatic carbocycles. The lowest BCUT2D eigenvalue weighted by molar-refractivity contribution is 0.0224. The first kappa shape index (κ1) is 23.2. The van der Waals surface area contributed by atoms with Crippen LogP contribution in [0.15, 0.2) is 48.5 Å². The molecule has 2 aliphatic rings. The molecule has 1 saturated heterocycles. The molecule has 1 amide bonds. The first-order valence-corrected chi connectivity index (χ1v) is 12.7. The van der Waals surface area contributed by atoms with Crippen molar-refractivity contribution in [2.24, 2.45) is 0 Å². The van der Waals surface area contributed by atoms with Crippen LogP contribution in [0.25, 0.3) is 21.9 Å². The topological polar surface area (TPSA) is 56.6 Å². The van der Waals surface area contributed by atoms with Gasteiger partial charge in [-0.3, -0.25) is 0 Å². The van der Waals surface area contributed by atoms with E-state index in [9.17, 15) is 10.1 Å². The molecule has 2 aliphatic heterocycles. The van der Waals surface area contributed by atoms with Crippen molar-refractivity contribution in [3.8, 4) is 17.2 Å². The molecule has 3 aromatic rings. The average Bonchev–Trinajstić information content (AvgIpc) is 2.86. The van der Waals surface area contributed by atoms with Crippen molar-refractivity contribution in [2.45, 2.75) is 58.6 Å². The molecule has 0 unspecified atom stereocenters. The summed E-state index contributed by atoms with van der Waals surface area (Å²) < 4.78 is 5.70. The lowest BCUT2D eigenvalue weighted by Gasteiger charge is -2.36. The molecule has 0 N–H and O–H groups in total. The molecule has 5 heteroatoms. The number of nitrogens with zero attached hydrogens (tertiary/aromatic N) is 3. The van der Waals surface area contributed by atoms with Crippen molar-refractivity contribution < 1.29 is 9.53 Å². The summed E-state index contributed by atoms with van der Waals surface area (Å²) in [6.45, 7) is 8.63. The molecule has 0 radical (unpaired) electrons. The molecule has 5 rings (SSSR count). The molecule has 3 aromatic carbocycles. The van der Waals surface area contributed by atoms with Crippen LogP contribution >= 0.6 is 0 Å². The third kappa shape index (κ3) is 4.58. The summed E-state index contributed by atoms with van der Waals surface area (Å²) in [5, 5.41) is 12.6. The van der Waals surface area contributed by atoms with Gasteiger partial charge in [-0.2, -0.15) is 5.26 Å². The molecule has 2 heterocycles. The standard InChI is InChI=1S/C30H33N3O2/c1-30(2,3)35-29(34)33-17-14-24-26(19-31)28(32-15-7-4-8-16-32)18-25(27(24)20-33)23-13-9-11-21-10-5-6-12-22(21)23/h5-6,9-13,18H,4,7-8,14-17,20H2,1-3H3. The fourth-order valence-corrected chi connectivity index (χ4v) is 5.43. The lowest BCUT2D eigenvalue weighted by atomic mass is 9.85. The van der Waals surface area contributed by atoms with E-state index in [1.165, 1.54) is 17.2 Å². The molecule has 0 aromatic heterocycles. The van der Waals surface area contributed by atoms with Gasteiger partial charge in [0.05, 0.1) is 11.3 Å². The van der Waals surface area contributed by atoms with Crippen LogP contribution in [0.5, 0.6) is 0 Å². The highest BCUT2D eigenvalue weighted by Gasteiger charge is 2.31. The third-order valence-corrected chi connectivity index (χ3v) is 7.05. The van der Waals surface area contributed by atoms with Crippen molar-refractivity contribution in [3.05, 3.63) is 65.2 Å². The highest BCUT2D eigenvalue weighted by Crippen LogP contribution is 2.41. The van der Waals surface area contributed by atoms with Crippen molar-refractivity contribution in [1.82, 2.24) is 4.90 Å². The van der Waals surface area contributed by atoms with E-state index in [0.29, 0.717) is 19.5 Å². The number of ether oxygens (including phenoxy) is 1. The summed E-state index contributed by atoms with van der Waals surface area (Å²) in [4.78, 5) is 17.2. The van der Waals surface area contributed by atoms with Gasteiger partial charge in [0.1, 0.15) is 11.7 Å². The highest BCUT2D eigenvalue weighted by molar-refractivity contribution is 5.98. The molecule has 180 valence electrons. The highest BCUT2D eigenvalue weighted by atomic mass is 16.6. The minimum atomic E-state index is -0.550.